The highest BCUT2D eigenvalue weighted by Crippen LogP contribution is 2.16. The summed E-state index contributed by atoms with van der Waals surface area (Å²) in [4.78, 5) is 10.9. The minimum Gasteiger partial charge on any atom is -0.486 e. The van der Waals surface area contributed by atoms with Gasteiger partial charge in [0, 0.05) is 5.02 Å². The number of benzene rings is 2. The number of ether oxygens (including phenoxy) is 1. The SMILES string of the molecule is O=C(O)c1ccc(/C=N\n2c(COc3ccc(Cl)cc3)n[nH]c2=S)cc1. The molecule has 0 aliphatic carbocycles. The van der Waals surface area contributed by atoms with Gasteiger partial charge >= 0.3 is 5.97 Å². The Morgan fingerprint density at radius 3 is 2.62 bits per heavy atom. The van der Waals surface area contributed by atoms with E-state index >= 15 is 0 Å². The molecule has 0 bridgehead atoms. The first-order valence-corrected chi connectivity index (χ1v) is 8.24. The van der Waals surface area contributed by atoms with E-state index in [0.29, 0.717) is 21.4 Å². The van der Waals surface area contributed by atoms with E-state index in [4.69, 9.17) is 33.7 Å². The van der Waals surface area contributed by atoms with Gasteiger partial charge in [0.25, 0.3) is 0 Å². The number of hydrogen-bond acceptors (Lipinski definition) is 5. The van der Waals surface area contributed by atoms with Crippen LogP contribution in [0.5, 0.6) is 5.75 Å². The van der Waals surface area contributed by atoms with Gasteiger partial charge in [-0.25, -0.2) is 9.89 Å². The zero-order valence-electron chi connectivity index (χ0n) is 13.3. The molecule has 0 saturated heterocycles. The molecule has 0 spiro atoms. The second-order valence-electron chi connectivity index (χ2n) is 5.17. The van der Waals surface area contributed by atoms with Crippen molar-refractivity contribution in [3.05, 3.63) is 75.3 Å². The van der Waals surface area contributed by atoms with Crippen molar-refractivity contribution in [3.63, 3.8) is 0 Å². The van der Waals surface area contributed by atoms with Crippen LogP contribution >= 0.6 is 23.8 Å². The molecule has 3 rings (SSSR count). The number of rotatable bonds is 6. The molecule has 0 fully saturated rings. The Balaban J connectivity index is 1.73. The molecule has 1 aromatic heterocycles. The van der Waals surface area contributed by atoms with Crippen LogP contribution in [0.15, 0.2) is 53.6 Å². The number of aromatic amines is 1. The molecule has 0 radical (unpaired) electrons. The number of aromatic carboxylic acids is 1. The summed E-state index contributed by atoms with van der Waals surface area (Å²) in [5.41, 5.74) is 0.932. The molecule has 0 atom stereocenters. The third-order valence-electron chi connectivity index (χ3n) is 3.38. The summed E-state index contributed by atoms with van der Waals surface area (Å²) in [6.45, 7) is 0.157. The van der Waals surface area contributed by atoms with Crippen molar-refractivity contribution in [2.75, 3.05) is 0 Å². The first kappa shape index (κ1) is 17.8. The van der Waals surface area contributed by atoms with Gasteiger partial charge in [0.15, 0.2) is 5.82 Å². The van der Waals surface area contributed by atoms with E-state index in [-0.39, 0.29) is 12.2 Å². The van der Waals surface area contributed by atoms with Gasteiger partial charge in [-0.05, 0) is 54.2 Å². The summed E-state index contributed by atoms with van der Waals surface area (Å²) in [6, 6.07) is 13.3. The number of carbonyl (C=O) groups is 1. The van der Waals surface area contributed by atoms with Gasteiger partial charge in [-0.1, -0.05) is 23.7 Å². The minimum absolute atomic E-state index is 0.157. The molecule has 7 nitrogen and oxygen atoms in total. The maximum Gasteiger partial charge on any atom is 0.335 e. The van der Waals surface area contributed by atoms with E-state index in [1.165, 1.54) is 16.8 Å². The molecule has 0 saturated carbocycles. The molecule has 0 aliphatic heterocycles. The first-order chi connectivity index (χ1) is 12.5. The summed E-state index contributed by atoms with van der Waals surface area (Å²) in [6.07, 6.45) is 1.56. The van der Waals surface area contributed by atoms with Gasteiger partial charge in [0.05, 0.1) is 11.8 Å². The fraction of sp³-hybridized carbons (Fsp3) is 0.0588. The number of carboxylic acids is 1. The van der Waals surface area contributed by atoms with E-state index in [1.807, 2.05) is 0 Å². The van der Waals surface area contributed by atoms with Gasteiger partial charge < -0.3 is 9.84 Å². The molecule has 0 amide bonds. The molecule has 9 heteroatoms. The average Bonchev–Trinajstić information content (AvgIpc) is 2.99. The van der Waals surface area contributed by atoms with Gasteiger partial charge in [-0.3, -0.25) is 0 Å². The summed E-state index contributed by atoms with van der Waals surface area (Å²) >= 11 is 11.0. The quantitative estimate of drug-likeness (QED) is 0.495. The number of H-pyrrole nitrogens is 1. The van der Waals surface area contributed by atoms with Crippen LogP contribution in [0.25, 0.3) is 0 Å². The van der Waals surface area contributed by atoms with Crippen LogP contribution in [0.4, 0.5) is 0 Å². The van der Waals surface area contributed by atoms with E-state index in [2.05, 4.69) is 15.3 Å². The molecular weight excluding hydrogens is 376 g/mol. The molecule has 26 heavy (non-hydrogen) atoms. The lowest BCUT2D eigenvalue weighted by Crippen LogP contribution is -2.04. The normalized spacial score (nSPS) is 11.0. The van der Waals surface area contributed by atoms with Crippen LogP contribution in [-0.4, -0.2) is 32.2 Å². The van der Waals surface area contributed by atoms with E-state index in [1.54, 1.807) is 42.6 Å². The third kappa shape index (κ3) is 4.35. The smallest absolute Gasteiger partial charge is 0.335 e. The molecule has 0 unspecified atom stereocenters. The van der Waals surface area contributed by atoms with Crippen molar-refractivity contribution in [1.82, 2.24) is 14.9 Å². The van der Waals surface area contributed by atoms with Gasteiger partial charge in [0.2, 0.25) is 4.77 Å². The first-order valence-electron chi connectivity index (χ1n) is 7.45. The Hall–Kier alpha value is -2.97. The Morgan fingerprint density at radius 2 is 1.96 bits per heavy atom. The van der Waals surface area contributed by atoms with E-state index in [0.717, 1.165) is 5.56 Å². The van der Waals surface area contributed by atoms with Crippen molar-refractivity contribution in [2.45, 2.75) is 6.61 Å². The van der Waals surface area contributed by atoms with Crippen molar-refractivity contribution >= 4 is 36.0 Å². The Morgan fingerprint density at radius 1 is 1.27 bits per heavy atom. The summed E-state index contributed by atoms with van der Waals surface area (Å²) in [5, 5.41) is 20.6. The highest BCUT2D eigenvalue weighted by atomic mass is 35.5. The number of halogens is 1. The number of nitrogens with zero attached hydrogens (tertiary/aromatic N) is 3. The van der Waals surface area contributed by atoms with E-state index < -0.39 is 5.97 Å². The number of hydrogen-bond donors (Lipinski definition) is 2. The minimum atomic E-state index is -0.979. The summed E-state index contributed by atoms with van der Waals surface area (Å²) < 4.78 is 7.41. The second kappa shape index (κ2) is 7.94. The van der Waals surface area contributed by atoms with Crippen molar-refractivity contribution in [2.24, 2.45) is 5.10 Å². The van der Waals surface area contributed by atoms with Crippen LogP contribution < -0.4 is 4.74 Å². The highest BCUT2D eigenvalue weighted by molar-refractivity contribution is 7.71. The van der Waals surface area contributed by atoms with Crippen molar-refractivity contribution in [1.29, 1.82) is 0 Å². The summed E-state index contributed by atoms with van der Waals surface area (Å²) in [7, 11) is 0. The Labute approximate surface area is 158 Å². The zero-order valence-corrected chi connectivity index (χ0v) is 14.9. The van der Waals surface area contributed by atoms with Crippen LogP contribution in [0.2, 0.25) is 5.02 Å². The largest absolute Gasteiger partial charge is 0.486 e. The van der Waals surface area contributed by atoms with Gasteiger partial charge in [0.1, 0.15) is 12.4 Å². The molecule has 2 N–H and O–H groups in total. The van der Waals surface area contributed by atoms with Gasteiger partial charge in [-0.15, -0.1) is 0 Å². The lowest BCUT2D eigenvalue weighted by molar-refractivity contribution is 0.0697. The van der Waals surface area contributed by atoms with Crippen LogP contribution in [0.3, 0.4) is 0 Å². The molecular formula is C17H13ClN4O3S. The standard InChI is InChI=1S/C17H13ClN4O3S/c18-13-5-7-14(8-6-13)25-10-15-20-21-17(26)22(15)19-9-11-1-3-12(4-2-11)16(23)24/h1-9H,10H2,(H,21,26)(H,23,24)/b19-9-. The lowest BCUT2D eigenvalue weighted by Gasteiger charge is -2.05. The van der Waals surface area contributed by atoms with Crippen molar-refractivity contribution < 1.29 is 14.6 Å². The molecule has 132 valence electrons. The number of aromatic nitrogens is 3. The third-order valence-corrected chi connectivity index (χ3v) is 3.90. The average molecular weight is 389 g/mol. The fourth-order valence-electron chi connectivity index (χ4n) is 2.05. The Kier molecular flexibility index (Phi) is 5.45. The lowest BCUT2D eigenvalue weighted by atomic mass is 10.1. The van der Waals surface area contributed by atoms with E-state index in [9.17, 15) is 4.79 Å². The number of nitrogens with one attached hydrogen (secondary N) is 1. The van der Waals surface area contributed by atoms with Gasteiger partial charge in [-0.2, -0.15) is 14.9 Å². The predicted octanol–water partition coefficient (Wildman–Crippen LogP) is 3.75. The predicted molar refractivity (Wildman–Crippen MR) is 99.6 cm³/mol. The molecule has 2 aromatic carbocycles. The molecule has 0 aliphatic rings. The fourth-order valence-corrected chi connectivity index (χ4v) is 2.38. The maximum atomic E-state index is 10.9. The maximum absolute atomic E-state index is 10.9. The highest BCUT2D eigenvalue weighted by Gasteiger charge is 2.06. The summed E-state index contributed by atoms with van der Waals surface area (Å²) in [5.74, 6) is 0.152. The van der Waals surface area contributed by atoms with Crippen molar-refractivity contribution in [3.8, 4) is 5.75 Å². The Bertz CT molecular complexity index is 994. The van der Waals surface area contributed by atoms with Crippen LogP contribution in [0.1, 0.15) is 21.7 Å². The van der Waals surface area contributed by atoms with Crippen LogP contribution in [0, 0.1) is 4.77 Å². The molecule has 1 heterocycles. The topological polar surface area (TPSA) is 92.5 Å². The number of carboxylic acid groups (broad SMARTS) is 1. The molecule has 3 aromatic rings. The van der Waals surface area contributed by atoms with Crippen LogP contribution in [-0.2, 0) is 6.61 Å². The zero-order chi connectivity index (χ0) is 18.5. The monoisotopic (exact) mass is 388 g/mol. The second-order valence-corrected chi connectivity index (χ2v) is 5.99.